The monoisotopic (exact) mass is 418 g/mol. The van der Waals surface area contributed by atoms with Gasteiger partial charge in [0.2, 0.25) is 0 Å². The van der Waals surface area contributed by atoms with Crippen LogP contribution < -0.4 is 20.3 Å². The lowest BCUT2D eigenvalue weighted by Crippen LogP contribution is -2.43. The maximum absolute atomic E-state index is 12.2. The van der Waals surface area contributed by atoms with Crippen molar-refractivity contribution in [2.75, 3.05) is 43.0 Å². The molecule has 1 amide bonds. The first kappa shape index (κ1) is 20.9. The normalized spacial score (nSPS) is 13.8. The Morgan fingerprint density at radius 3 is 2.52 bits per heavy atom. The number of halogens is 1. The number of ether oxygens (including phenoxy) is 1. The first-order valence-corrected chi connectivity index (χ1v) is 9.66. The van der Waals surface area contributed by atoms with Crippen LogP contribution in [-0.2, 0) is 4.79 Å². The van der Waals surface area contributed by atoms with Gasteiger partial charge in [0.1, 0.15) is 11.4 Å². The third kappa shape index (κ3) is 5.16. The summed E-state index contributed by atoms with van der Waals surface area (Å²) in [6.07, 6.45) is 0. The number of piperazine rings is 1. The number of aryl methyl sites for hydroxylation is 2. The van der Waals surface area contributed by atoms with Crippen LogP contribution in [0.15, 0.2) is 30.3 Å². The molecule has 29 heavy (non-hydrogen) atoms. The standard InChI is InChI=1S/C20H23ClN4O4/c1-13-9-16(10-14(2)20(13)21)29-12-19(26)23-15-3-4-17(18(11-15)25(27)28)24-7-5-22-6-8-24/h3-4,9-11,22H,5-8,12H2,1-2H3,(H,23,26). The number of hydrogen-bond acceptors (Lipinski definition) is 6. The van der Waals surface area contributed by atoms with Crippen LogP contribution in [0.25, 0.3) is 0 Å². The van der Waals surface area contributed by atoms with Crippen molar-refractivity contribution in [2.24, 2.45) is 0 Å². The molecule has 0 unspecified atom stereocenters. The summed E-state index contributed by atoms with van der Waals surface area (Å²) in [4.78, 5) is 25.3. The summed E-state index contributed by atoms with van der Waals surface area (Å²) in [6.45, 7) is 6.45. The Hall–Kier alpha value is -2.84. The van der Waals surface area contributed by atoms with Gasteiger partial charge in [0, 0.05) is 43.0 Å². The molecule has 9 heteroatoms. The molecule has 8 nitrogen and oxygen atoms in total. The van der Waals surface area contributed by atoms with Crippen LogP contribution in [-0.4, -0.2) is 43.6 Å². The largest absolute Gasteiger partial charge is 0.484 e. The molecule has 0 radical (unpaired) electrons. The minimum Gasteiger partial charge on any atom is -0.484 e. The van der Waals surface area contributed by atoms with Crippen molar-refractivity contribution in [1.29, 1.82) is 0 Å². The molecule has 1 aliphatic rings. The Bertz CT molecular complexity index is 906. The van der Waals surface area contributed by atoms with Gasteiger partial charge in [0.15, 0.2) is 6.61 Å². The number of anilines is 2. The number of amides is 1. The lowest BCUT2D eigenvalue weighted by Gasteiger charge is -2.29. The number of nitrogens with one attached hydrogen (secondary N) is 2. The van der Waals surface area contributed by atoms with Crippen molar-refractivity contribution in [3.63, 3.8) is 0 Å². The lowest BCUT2D eigenvalue weighted by molar-refractivity contribution is -0.384. The molecule has 1 aliphatic heterocycles. The molecule has 1 fully saturated rings. The van der Waals surface area contributed by atoms with Crippen molar-refractivity contribution in [1.82, 2.24) is 5.32 Å². The third-order valence-electron chi connectivity index (χ3n) is 4.69. The Labute approximate surface area is 173 Å². The fourth-order valence-electron chi connectivity index (χ4n) is 3.26. The average molecular weight is 419 g/mol. The first-order chi connectivity index (χ1) is 13.8. The number of nitrogens with zero attached hydrogens (tertiary/aromatic N) is 2. The highest BCUT2D eigenvalue weighted by molar-refractivity contribution is 6.32. The minimum absolute atomic E-state index is 0.0328. The van der Waals surface area contributed by atoms with Gasteiger partial charge in [-0.15, -0.1) is 0 Å². The topological polar surface area (TPSA) is 96.7 Å². The number of hydrogen-bond donors (Lipinski definition) is 2. The van der Waals surface area contributed by atoms with Crippen molar-refractivity contribution in [3.8, 4) is 5.75 Å². The van der Waals surface area contributed by atoms with Crippen LogP contribution in [0.1, 0.15) is 11.1 Å². The molecular weight excluding hydrogens is 396 g/mol. The van der Waals surface area contributed by atoms with E-state index in [9.17, 15) is 14.9 Å². The van der Waals surface area contributed by atoms with E-state index >= 15 is 0 Å². The average Bonchev–Trinajstić information content (AvgIpc) is 2.71. The van der Waals surface area contributed by atoms with E-state index < -0.39 is 10.8 Å². The van der Waals surface area contributed by atoms with Crippen LogP contribution in [0, 0.1) is 24.0 Å². The zero-order chi connectivity index (χ0) is 21.0. The summed E-state index contributed by atoms with van der Waals surface area (Å²) < 4.78 is 5.53. The number of carbonyl (C=O) groups is 1. The lowest BCUT2D eigenvalue weighted by atomic mass is 10.1. The zero-order valence-corrected chi connectivity index (χ0v) is 17.1. The summed E-state index contributed by atoms with van der Waals surface area (Å²) in [6, 6.07) is 8.24. The summed E-state index contributed by atoms with van der Waals surface area (Å²) in [5.41, 5.74) is 2.60. The zero-order valence-electron chi connectivity index (χ0n) is 16.3. The Balaban J connectivity index is 1.67. The van der Waals surface area contributed by atoms with Crippen molar-refractivity contribution >= 4 is 34.6 Å². The first-order valence-electron chi connectivity index (χ1n) is 9.28. The molecule has 0 saturated carbocycles. The maximum atomic E-state index is 12.2. The molecule has 2 aromatic carbocycles. The summed E-state index contributed by atoms with van der Waals surface area (Å²) in [5.74, 6) is 0.138. The molecule has 2 N–H and O–H groups in total. The van der Waals surface area contributed by atoms with E-state index in [0.717, 1.165) is 24.2 Å². The van der Waals surface area contributed by atoms with Crippen molar-refractivity contribution in [2.45, 2.75) is 13.8 Å². The second-order valence-corrected chi connectivity index (χ2v) is 7.28. The number of carbonyl (C=O) groups excluding carboxylic acids is 1. The molecule has 0 spiro atoms. The number of rotatable bonds is 6. The smallest absolute Gasteiger partial charge is 0.294 e. The van der Waals surface area contributed by atoms with E-state index in [0.29, 0.717) is 35.2 Å². The van der Waals surface area contributed by atoms with E-state index in [4.69, 9.17) is 16.3 Å². The van der Waals surface area contributed by atoms with Gasteiger partial charge in [0.05, 0.1) is 4.92 Å². The van der Waals surface area contributed by atoms with Gasteiger partial charge < -0.3 is 20.3 Å². The summed E-state index contributed by atoms with van der Waals surface area (Å²) >= 11 is 6.13. The number of benzene rings is 2. The summed E-state index contributed by atoms with van der Waals surface area (Å²) in [7, 11) is 0. The van der Waals surface area contributed by atoms with Crippen LogP contribution >= 0.6 is 11.6 Å². The molecule has 154 valence electrons. The van der Waals surface area contributed by atoms with Crippen LogP contribution in [0.3, 0.4) is 0 Å². The second-order valence-electron chi connectivity index (χ2n) is 6.91. The minimum atomic E-state index is -0.428. The molecular formula is C20H23ClN4O4. The molecule has 1 heterocycles. The number of nitro groups is 1. The van der Waals surface area contributed by atoms with E-state index in [1.54, 1.807) is 24.3 Å². The predicted molar refractivity (Wildman–Crippen MR) is 113 cm³/mol. The van der Waals surface area contributed by atoms with Gasteiger partial charge >= 0.3 is 0 Å². The van der Waals surface area contributed by atoms with E-state index in [1.165, 1.54) is 6.07 Å². The highest BCUT2D eigenvalue weighted by Gasteiger charge is 2.22. The Morgan fingerprint density at radius 2 is 1.90 bits per heavy atom. The third-order valence-corrected chi connectivity index (χ3v) is 5.29. The molecule has 3 rings (SSSR count). The Morgan fingerprint density at radius 1 is 1.24 bits per heavy atom. The van der Waals surface area contributed by atoms with E-state index in [2.05, 4.69) is 10.6 Å². The van der Waals surface area contributed by atoms with Gasteiger partial charge in [-0.25, -0.2) is 0 Å². The quantitative estimate of drug-likeness (QED) is 0.552. The van der Waals surface area contributed by atoms with Crippen molar-refractivity contribution < 1.29 is 14.5 Å². The fourth-order valence-corrected chi connectivity index (χ4v) is 3.37. The fraction of sp³-hybridized carbons (Fsp3) is 0.350. The predicted octanol–water partition coefficient (Wildman–Crippen LogP) is 3.29. The van der Waals surface area contributed by atoms with Crippen molar-refractivity contribution in [3.05, 3.63) is 56.6 Å². The van der Waals surface area contributed by atoms with Crippen LogP contribution in [0.5, 0.6) is 5.75 Å². The van der Waals surface area contributed by atoms with Crippen LogP contribution in [0.4, 0.5) is 17.1 Å². The second kappa shape index (κ2) is 9.11. The molecule has 0 aliphatic carbocycles. The molecule has 1 saturated heterocycles. The summed E-state index contributed by atoms with van der Waals surface area (Å²) in [5, 5.41) is 18.1. The van der Waals surface area contributed by atoms with Gasteiger partial charge in [0.25, 0.3) is 11.6 Å². The van der Waals surface area contributed by atoms with E-state index in [-0.39, 0.29) is 12.3 Å². The highest BCUT2D eigenvalue weighted by atomic mass is 35.5. The van der Waals surface area contributed by atoms with Gasteiger partial charge in [-0.3, -0.25) is 14.9 Å². The van der Waals surface area contributed by atoms with Gasteiger partial charge in [-0.1, -0.05) is 11.6 Å². The molecule has 2 aromatic rings. The Kier molecular flexibility index (Phi) is 6.56. The molecule has 0 bridgehead atoms. The SMILES string of the molecule is Cc1cc(OCC(=O)Nc2ccc(N3CCNCC3)c([N+](=O)[O-])c2)cc(C)c1Cl. The van der Waals surface area contributed by atoms with Gasteiger partial charge in [-0.2, -0.15) is 0 Å². The van der Waals surface area contributed by atoms with Crippen LogP contribution in [0.2, 0.25) is 5.02 Å². The molecule has 0 aromatic heterocycles. The number of nitro benzene ring substituents is 1. The maximum Gasteiger partial charge on any atom is 0.294 e. The van der Waals surface area contributed by atoms with E-state index in [1.807, 2.05) is 18.7 Å². The highest BCUT2D eigenvalue weighted by Crippen LogP contribution is 2.31. The molecule has 0 atom stereocenters. The van der Waals surface area contributed by atoms with Gasteiger partial charge in [-0.05, 0) is 49.2 Å².